The van der Waals surface area contributed by atoms with Crippen LogP contribution in [-0.4, -0.2) is 46.1 Å². The van der Waals surface area contributed by atoms with E-state index in [0.29, 0.717) is 32.5 Å². The molecule has 0 saturated carbocycles. The molecule has 1 saturated heterocycles. The van der Waals surface area contributed by atoms with E-state index in [9.17, 15) is 9.59 Å². The Balaban J connectivity index is 1.53. The van der Waals surface area contributed by atoms with E-state index < -0.39 is 5.41 Å². The van der Waals surface area contributed by atoms with Gasteiger partial charge in [0.2, 0.25) is 11.8 Å². The van der Waals surface area contributed by atoms with Crippen LogP contribution in [0.2, 0.25) is 0 Å². The minimum atomic E-state index is -0.611. The van der Waals surface area contributed by atoms with Crippen LogP contribution in [0.3, 0.4) is 0 Å². The maximum atomic E-state index is 13.2. The van der Waals surface area contributed by atoms with Gasteiger partial charge in [-0.1, -0.05) is 30.3 Å². The molecule has 31 heavy (non-hydrogen) atoms. The van der Waals surface area contributed by atoms with Crippen molar-refractivity contribution < 1.29 is 9.59 Å². The van der Waals surface area contributed by atoms with E-state index in [1.165, 1.54) is 10.4 Å². The number of aromatic nitrogens is 2. The Morgan fingerprint density at radius 2 is 2.13 bits per heavy atom. The molecule has 1 N–H and O–H groups in total. The Bertz CT molecular complexity index is 1060. The van der Waals surface area contributed by atoms with Gasteiger partial charge in [-0.05, 0) is 54.8 Å². The molecule has 6 nitrogen and oxygen atoms in total. The van der Waals surface area contributed by atoms with E-state index in [-0.39, 0.29) is 18.4 Å². The molecule has 2 amide bonds. The lowest BCUT2D eigenvalue weighted by molar-refractivity contribution is -0.133. The van der Waals surface area contributed by atoms with Crippen LogP contribution >= 0.6 is 11.3 Å². The number of hydrogen-bond donors (Lipinski definition) is 1. The molecule has 1 atom stereocenters. The summed E-state index contributed by atoms with van der Waals surface area (Å²) in [5.41, 5.74) is 2.70. The zero-order valence-corrected chi connectivity index (χ0v) is 18.8. The van der Waals surface area contributed by atoms with E-state index in [1.54, 1.807) is 22.2 Å². The number of thiophene rings is 1. The Morgan fingerprint density at radius 1 is 1.26 bits per heavy atom. The summed E-state index contributed by atoms with van der Waals surface area (Å²) in [6.07, 6.45) is 4.88. The largest absolute Gasteiger partial charge is 0.356 e. The first-order valence-corrected chi connectivity index (χ1v) is 11.5. The predicted molar refractivity (Wildman–Crippen MR) is 123 cm³/mol. The molecule has 0 radical (unpaired) electrons. The maximum Gasteiger partial charge on any atom is 0.244 e. The van der Waals surface area contributed by atoms with Crippen molar-refractivity contribution in [2.75, 3.05) is 19.6 Å². The number of amides is 2. The monoisotopic (exact) mass is 436 g/mol. The van der Waals surface area contributed by atoms with Crippen molar-refractivity contribution in [2.45, 2.75) is 33.2 Å². The number of aryl methyl sites for hydroxylation is 1. The van der Waals surface area contributed by atoms with Crippen LogP contribution in [0.5, 0.6) is 0 Å². The van der Waals surface area contributed by atoms with Crippen molar-refractivity contribution in [1.82, 2.24) is 20.0 Å². The van der Waals surface area contributed by atoms with Gasteiger partial charge in [0.25, 0.3) is 0 Å². The van der Waals surface area contributed by atoms with Crippen molar-refractivity contribution in [3.05, 3.63) is 65.3 Å². The van der Waals surface area contributed by atoms with Crippen molar-refractivity contribution in [3.63, 3.8) is 0 Å². The number of rotatable bonds is 7. The molecule has 0 aliphatic carbocycles. The summed E-state index contributed by atoms with van der Waals surface area (Å²) in [6, 6.07) is 12.6. The van der Waals surface area contributed by atoms with Crippen molar-refractivity contribution >= 4 is 23.2 Å². The van der Waals surface area contributed by atoms with Gasteiger partial charge in [0.15, 0.2) is 0 Å². The molecular weight excluding hydrogens is 408 g/mol. The average molecular weight is 437 g/mol. The first kappa shape index (κ1) is 21.3. The number of nitrogens with one attached hydrogen (secondary N) is 1. The minimum Gasteiger partial charge on any atom is -0.356 e. The molecule has 1 aliphatic heterocycles. The summed E-state index contributed by atoms with van der Waals surface area (Å²) >= 11 is 1.71. The number of carbonyl (C=O) groups is 2. The standard InChI is InChI=1S/C24H28N4O2S/c1-3-25-23(30)24(13-19-6-4-7-20(12-19)21-8-5-11-31-21)9-10-27(17-24)22(29)16-28-15-18(2)14-26-28/h4-8,11-12,14-15H,3,9-10,13,16-17H2,1-2H3,(H,25,30). The summed E-state index contributed by atoms with van der Waals surface area (Å²) in [4.78, 5) is 29.1. The summed E-state index contributed by atoms with van der Waals surface area (Å²) in [7, 11) is 0. The number of carbonyl (C=O) groups excluding carboxylic acids is 2. The maximum absolute atomic E-state index is 13.2. The van der Waals surface area contributed by atoms with Gasteiger partial charge in [-0.3, -0.25) is 14.3 Å². The smallest absolute Gasteiger partial charge is 0.244 e. The van der Waals surface area contributed by atoms with Gasteiger partial charge in [-0.25, -0.2) is 0 Å². The van der Waals surface area contributed by atoms with Gasteiger partial charge in [0.1, 0.15) is 6.54 Å². The molecule has 2 aromatic heterocycles. The topological polar surface area (TPSA) is 67.2 Å². The molecular formula is C24H28N4O2S. The average Bonchev–Trinajstić information content (AvgIpc) is 3.50. The number of nitrogens with zero attached hydrogens (tertiary/aromatic N) is 3. The predicted octanol–water partition coefficient (Wildman–Crippen LogP) is 3.52. The van der Waals surface area contributed by atoms with Gasteiger partial charge in [0, 0.05) is 30.7 Å². The van der Waals surface area contributed by atoms with E-state index in [2.05, 4.69) is 40.1 Å². The summed E-state index contributed by atoms with van der Waals surface area (Å²) in [5, 5.41) is 9.30. The van der Waals surface area contributed by atoms with Crippen molar-refractivity contribution in [1.29, 1.82) is 0 Å². The molecule has 1 fully saturated rings. The summed E-state index contributed by atoms with van der Waals surface area (Å²) in [5.74, 6) is 0.0309. The zero-order chi connectivity index (χ0) is 21.8. The highest BCUT2D eigenvalue weighted by Crippen LogP contribution is 2.36. The fourth-order valence-corrected chi connectivity index (χ4v) is 5.03. The fraction of sp³-hybridized carbons (Fsp3) is 0.375. The number of hydrogen-bond acceptors (Lipinski definition) is 4. The SMILES string of the molecule is CCNC(=O)C1(Cc2cccc(-c3cccs3)c2)CCN(C(=O)Cn2cc(C)cn2)C1. The van der Waals surface area contributed by atoms with Crippen molar-refractivity contribution in [3.8, 4) is 10.4 Å². The van der Waals surface area contributed by atoms with Gasteiger partial charge < -0.3 is 10.2 Å². The Hall–Kier alpha value is -2.93. The molecule has 1 aliphatic rings. The second kappa shape index (κ2) is 9.06. The zero-order valence-electron chi connectivity index (χ0n) is 18.0. The van der Waals surface area contributed by atoms with E-state index in [1.807, 2.05) is 37.1 Å². The van der Waals surface area contributed by atoms with Crippen LogP contribution in [0.25, 0.3) is 10.4 Å². The molecule has 0 bridgehead atoms. The number of benzene rings is 1. The molecule has 4 rings (SSSR count). The van der Waals surface area contributed by atoms with Crippen LogP contribution in [-0.2, 0) is 22.6 Å². The van der Waals surface area contributed by atoms with Crippen molar-refractivity contribution in [2.24, 2.45) is 5.41 Å². The Labute approximate surface area is 186 Å². The lowest BCUT2D eigenvalue weighted by atomic mass is 9.79. The highest BCUT2D eigenvalue weighted by atomic mass is 32.1. The lowest BCUT2D eigenvalue weighted by Gasteiger charge is -2.28. The minimum absolute atomic E-state index is 0.00149. The van der Waals surface area contributed by atoms with Gasteiger partial charge in [-0.15, -0.1) is 11.3 Å². The first-order valence-electron chi connectivity index (χ1n) is 10.7. The van der Waals surface area contributed by atoms with Crippen LogP contribution in [0, 0.1) is 12.3 Å². The Kier molecular flexibility index (Phi) is 6.23. The molecule has 1 aromatic carbocycles. The van der Waals surface area contributed by atoms with E-state index >= 15 is 0 Å². The van der Waals surface area contributed by atoms with Gasteiger partial charge in [-0.2, -0.15) is 5.10 Å². The second-order valence-corrected chi connectivity index (χ2v) is 9.22. The Morgan fingerprint density at radius 3 is 2.84 bits per heavy atom. The first-order chi connectivity index (χ1) is 15.0. The van der Waals surface area contributed by atoms with E-state index in [4.69, 9.17) is 0 Å². The van der Waals surface area contributed by atoms with Crippen LogP contribution in [0.1, 0.15) is 24.5 Å². The number of likely N-dealkylation sites (tertiary alicyclic amines) is 1. The molecule has 3 aromatic rings. The molecule has 1 unspecified atom stereocenters. The third-order valence-corrected chi connectivity index (χ3v) is 6.78. The highest BCUT2D eigenvalue weighted by Gasteiger charge is 2.45. The van der Waals surface area contributed by atoms with Crippen LogP contribution in [0.4, 0.5) is 0 Å². The van der Waals surface area contributed by atoms with Gasteiger partial charge in [0.05, 0.1) is 11.6 Å². The second-order valence-electron chi connectivity index (χ2n) is 8.27. The fourth-order valence-electron chi connectivity index (χ4n) is 4.30. The molecule has 3 heterocycles. The third kappa shape index (κ3) is 4.71. The van der Waals surface area contributed by atoms with Crippen LogP contribution < -0.4 is 5.32 Å². The van der Waals surface area contributed by atoms with E-state index in [0.717, 1.165) is 11.1 Å². The molecule has 162 valence electrons. The normalized spacial score (nSPS) is 18.3. The molecule has 0 spiro atoms. The third-order valence-electron chi connectivity index (χ3n) is 5.86. The quantitative estimate of drug-likeness (QED) is 0.616. The van der Waals surface area contributed by atoms with Crippen LogP contribution in [0.15, 0.2) is 54.2 Å². The van der Waals surface area contributed by atoms with Gasteiger partial charge >= 0.3 is 0 Å². The molecule has 7 heteroatoms. The lowest BCUT2D eigenvalue weighted by Crippen LogP contribution is -2.45. The summed E-state index contributed by atoms with van der Waals surface area (Å²) < 4.78 is 1.66. The highest BCUT2D eigenvalue weighted by molar-refractivity contribution is 7.13. The summed E-state index contributed by atoms with van der Waals surface area (Å²) in [6.45, 7) is 5.68.